The zero-order valence-corrected chi connectivity index (χ0v) is 9.85. The number of non-ortho nitro benzene ring substituents is 2. The highest BCUT2D eigenvalue weighted by atomic mass is 16.6. The third-order valence-corrected chi connectivity index (χ3v) is 2.70. The number of nitrogens with zero attached hydrogens (tertiary/aromatic N) is 2. The molecule has 0 bridgehead atoms. The molecule has 0 N–H and O–H groups in total. The predicted molar refractivity (Wildman–Crippen MR) is 69.0 cm³/mol. The molecule has 0 aromatic heterocycles. The molecule has 6 nitrogen and oxygen atoms in total. The molecule has 2 aromatic carbocycles. The molecule has 0 unspecified atom stereocenters. The summed E-state index contributed by atoms with van der Waals surface area (Å²) in [7, 11) is 0. The molecule has 2 aromatic rings. The summed E-state index contributed by atoms with van der Waals surface area (Å²) in [5, 5.41) is 21.0. The van der Waals surface area contributed by atoms with E-state index in [0.717, 1.165) is 11.1 Å². The third-order valence-electron chi connectivity index (χ3n) is 2.70. The molecule has 0 heterocycles. The smallest absolute Gasteiger partial charge is 0.258 e. The summed E-state index contributed by atoms with van der Waals surface area (Å²) >= 11 is 0. The first-order valence-corrected chi connectivity index (χ1v) is 5.53. The van der Waals surface area contributed by atoms with Crippen LogP contribution in [0.25, 0.3) is 0 Å². The van der Waals surface area contributed by atoms with Crippen LogP contribution in [-0.4, -0.2) is 9.85 Å². The lowest BCUT2D eigenvalue weighted by Gasteiger charge is -2.01. The molecule has 0 aliphatic carbocycles. The van der Waals surface area contributed by atoms with E-state index >= 15 is 0 Å². The fraction of sp³-hybridized carbons (Fsp3) is 0.0769. The maximum atomic E-state index is 10.5. The van der Waals surface area contributed by atoms with Gasteiger partial charge in [0, 0.05) is 24.3 Å². The van der Waals surface area contributed by atoms with Crippen molar-refractivity contribution in [1.29, 1.82) is 0 Å². The van der Waals surface area contributed by atoms with Gasteiger partial charge in [-0.05, 0) is 17.5 Å². The maximum Gasteiger partial charge on any atom is 0.269 e. The molecule has 96 valence electrons. The highest BCUT2D eigenvalue weighted by molar-refractivity contribution is 5.38. The molecular weight excluding hydrogens is 248 g/mol. The van der Waals surface area contributed by atoms with Crippen molar-refractivity contribution in [3.8, 4) is 0 Å². The first kappa shape index (κ1) is 12.7. The second-order valence-electron chi connectivity index (χ2n) is 4.02. The van der Waals surface area contributed by atoms with Crippen molar-refractivity contribution in [2.75, 3.05) is 0 Å². The average molecular weight is 258 g/mol. The highest BCUT2D eigenvalue weighted by Crippen LogP contribution is 2.17. The van der Waals surface area contributed by atoms with E-state index in [1.165, 1.54) is 24.3 Å². The van der Waals surface area contributed by atoms with Crippen LogP contribution in [0.1, 0.15) is 11.1 Å². The lowest BCUT2D eigenvalue weighted by molar-refractivity contribution is -0.385. The minimum atomic E-state index is -0.449. The van der Waals surface area contributed by atoms with Crippen LogP contribution in [0.4, 0.5) is 11.4 Å². The van der Waals surface area contributed by atoms with Crippen molar-refractivity contribution >= 4 is 11.4 Å². The van der Waals surface area contributed by atoms with Gasteiger partial charge in [0.25, 0.3) is 11.4 Å². The Kier molecular flexibility index (Phi) is 3.51. The zero-order valence-electron chi connectivity index (χ0n) is 9.85. The Balaban J connectivity index is 2.12. The summed E-state index contributed by atoms with van der Waals surface area (Å²) in [5.41, 5.74) is 1.93. The number of benzene rings is 2. The van der Waals surface area contributed by atoms with Gasteiger partial charge in [-0.1, -0.05) is 24.3 Å². The van der Waals surface area contributed by atoms with Crippen molar-refractivity contribution in [2.24, 2.45) is 0 Å². The summed E-state index contributed by atoms with van der Waals surface area (Å²) in [5.74, 6) is 0. The second-order valence-corrected chi connectivity index (χ2v) is 4.02. The van der Waals surface area contributed by atoms with Gasteiger partial charge in [0.1, 0.15) is 0 Å². The van der Waals surface area contributed by atoms with Crippen molar-refractivity contribution in [2.45, 2.75) is 6.42 Å². The average Bonchev–Trinajstić information content (AvgIpc) is 2.40. The van der Waals surface area contributed by atoms with Gasteiger partial charge < -0.3 is 0 Å². The monoisotopic (exact) mass is 258 g/mol. The Morgan fingerprint density at radius 3 is 1.26 bits per heavy atom. The van der Waals surface area contributed by atoms with E-state index in [2.05, 4.69) is 0 Å². The Hall–Kier alpha value is -2.76. The fourth-order valence-electron chi connectivity index (χ4n) is 1.71. The standard InChI is InChI=1S/C13H10N2O4/c16-14(17)12-5-1-10(2-6-12)9-11-3-7-13(8-4-11)15(18)19/h1-8H,9H2. The lowest BCUT2D eigenvalue weighted by atomic mass is 10.0. The lowest BCUT2D eigenvalue weighted by Crippen LogP contribution is -1.92. The fourth-order valence-corrected chi connectivity index (χ4v) is 1.71. The largest absolute Gasteiger partial charge is 0.269 e. The normalized spacial score (nSPS) is 10.1. The predicted octanol–water partition coefficient (Wildman–Crippen LogP) is 3.09. The van der Waals surface area contributed by atoms with Crippen LogP contribution in [0.2, 0.25) is 0 Å². The van der Waals surface area contributed by atoms with Crippen LogP contribution in [0.3, 0.4) is 0 Å². The summed E-state index contributed by atoms with van der Waals surface area (Å²) in [6, 6.07) is 12.5. The number of rotatable bonds is 4. The molecule has 0 amide bonds. The van der Waals surface area contributed by atoms with Gasteiger partial charge in [-0.25, -0.2) is 0 Å². The van der Waals surface area contributed by atoms with Gasteiger partial charge in [-0.15, -0.1) is 0 Å². The maximum absolute atomic E-state index is 10.5. The summed E-state index contributed by atoms with van der Waals surface area (Å²) in [6.07, 6.45) is 0.579. The van der Waals surface area contributed by atoms with E-state index in [0.29, 0.717) is 6.42 Å². The van der Waals surface area contributed by atoms with E-state index in [-0.39, 0.29) is 11.4 Å². The Morgan fingerprint density at radius 1 is 0.684 bits per heavy atom. The van der Waals surface area contributed by atoms with Gasteiger partial charge in [0.2, 0.25) is 0 Å². The van der Waals surface area contributed by atoms with E-state index < -0.39 is 9.85 Å². The first-order valence-electron chi connectivity index (χ1n) is 5.53. The van der Waals surface area contributed by atoms with Gasteiger partial charge >= 0.3 is 0 Å². The molecule has 0 saturated heterocycles. The molecule has 0 atom stereocenters. The van der Waals surface area contributed by atoms with Gasteiger partial charge in [0.15, 0.2) is 0 Å². The number of hydrogen-bond acceptors (Lipinski definition) is 4. The topological polar surface area (TPSA) is 86.3 Å². The van der Waals surface area contributed by atoms with Gasteiger partial charge in [-0.3, -0.25) is 20.2 Å². The SMILES string of the molecule is O=[N+]([O-])c1ccc(Cc2ccc([N+](=O)[O-])cc2)cc1. The summed E-state index contributed by atoms with van der Waals surface area (Å²) in [6.45, 7) is 0. The van der Waals surface area contributed by atoms with Crippen LogP contribution in [-0.2, 0) is 6.42 Å². The third kappa shape index (κ3) is 3.12. The second kappa shape index (κ2) is 5.26. The van der Waals surface area contributed by atoms with Crippen molar-refractivity contribution in [1.82, 2.24) is 0 Å². The van der Waals surface area contributed by atoms with E-state index in [1.807, 2.05) is 0 Å². The van der Waals surface area contributed by atoms with E-state index in [9.17, 15) is 20.2 Å². The molecule has 2 rings (SSSR count). The van der Waals surface area contributed by atoms with Crippen LogP contribution >= 0.6 is 0 Å². The zero-order chi connectivity index (χ0) is 13.8. The molecule has 0 saturated carbocycles. The van der Waals surface area contributed by atoms with E-state index in [4.69, 9.17) is 0 Å². The number of hydrogen-bond donors (Lipinski definition) is 0. The molecule has 0 fully saturated rings. The summed E-state index contributed by atoms with van der Waals surface area (Å²) < 4.78 is 0. The van der Waals surface area contributed by atoms with Crippen LogP contribution in [0.5, 0.6) is 0 Å². The molecule has 0 spiro atoms. The molecule has 0 aliphatic rings. The Bertz CT molecular complexity index is 550. The number of nitro benzene ring substituents is 2. The first-order chi connectivity index (χ1) is 9.06. The summed E-state index contributed by atoms with van der Waals surface area (Å²) in [4.78, 5) is 20.1. The minimum Gasteiger partial charge on any atom is -0.258 e. The Morgan fingerprint density at radius 2 is 1.00 bits per heavy atom. The highest BCUT2D eigenvalue weighted by Gasteiger charge is 2.06. The molecule has 0 aliphatic heterocycles. The van der Waals surface area contributed by atoms with Crippen molar-refractivity contribution in [3.05, 3.63) is 79.9 Å². The van der Waals surface area contributed by atoms with Crippen molar-refractivity contribution in [3.63, 3.8) is 0 Å². The molecule has 0 radical (unpaired) electrons. The molecule has 19 heavy (non-hydrogen) atoms. The van der Waals surface area contributed by atoms with Crippen LogP contribution < -0.4 is 0 Å². The number of nitro groups is 2. The van der Waals surface area contributed by atoms with Crippen molar-refractivity contribution < 1.29 is 9.85 Å². The van der Waals surface area contributed by atoms with Crippen LogP contribution in [0, 0.1) is 20.2 Å². The van der Waals surface area contributed by atoms with Gasteiger partial charge in [0.05, 0.1) is 9.85 Å². The Labute approximate surface area is 108 Å². The molecule has 6 heteroatoms. The van der Waals surface area contributed by atoms with E-state index in [1.54, 1.807) is 24.3 Å². The quantitative estimate of drug-likeness (QED) is 0.622. The minimum absolute atomic E-state index is 0.0486. The van der Waals surface area contributed by atoms with Gasteiger partial charge in [-0.2, -0.15) is 0 Å². The van der Waals surface area contributed by atoms with Crippen LogP contribution in [0.15, 0.2) is 48.5 Å². The molecular formula is C13H10N2O4.